The van der Waals surface area contributed by atoms with Crippen LogP contribution in [0.15, 0.2) is 48.6 Å². The molecule has 0 spiro atoms. The number of aliphatic hydroxyl groups excluding tert-OH is 2. The molecule has 0 heterocycles. The molecular weight excluding hydrogens is 1050 g/mol. The van der Waals surface area contributed by atoms with Crippen LogP contribution in [-0.4, -0.2) is 47.4 Å². The largest absolute Gasteiger partial charge is 0.466 e. The van der Waals surface area contributed by atoms with Crippen molar-refractivity contribution in [1.82, 2.24) is 5.32 Å². The lowest BCUT2D eigenvalue weighted by molar-refractivity contribution is -0.143. The molecule has 86 heavy (non-hydrogen) atoms. The summed E-state index contributed by atoms with van der Waals surface area (Å²) < 4.78 is 5.48. The lowest BCUT2D eigenvalue weighted by Crippen LogP contribution is -2.45. The van der Waals surface area contributed by atoms with Crippen LogP contribution >= 0.6 is 0 Å². The fraction of sp³-hybridized carbons (Fsp3) is 0.875. The molecule has 1 amide bonds. The fourth-order valence-corrected chi connectivity index (χ4v) is 12.2. The highest BCUT2D eigenvalue weighted by atomic mass is 16.5. The van der Waals surface area contributed by atoms with E-state index in [-0.39, 0.29) is 18.5 Å². The predicted molar refractivity (Wildman–Crippen MR) is 379 cm³/mol. The van der Waals surface area contributed by atoms with Gasteiger partial charge >= 0.3 is 5.97 Å². The van der Waals surface area contributed by atoms with Gasteiger partial charge in [-0.3, -0.25) is 9.59 Å². The van der Waals surface area contributed by atoms with Crippen molar-refractivity contribution in [2.24, 2.45) is 0 Å². The van der Waals surface area contributed by atoms with Crippen molar-refractivity contribution >= 4 is 11.9 Å². The maximum Gasteiger partial charge on any atom is 0.305 e. The normalized spacial score (nSPS) is 12.7. The Morgan fingerprint density at radius 3 is 0.919 bits per heavy atom. The Morgan fingerprint density at radius 2 is 0.593 bits per heavy atom. The number of ether oxygens (including phenoxy) is 1. The molecule has 0 fully saturated rings. The van der Waals surface area contributed by atoms with Gasteiger partial charge in [0.1, 0.15) is 0 Å². The second-order valence-corrected chi connectivity index (χ2v) is 26.7. The lowest BCUT2D eigenvalue weighted by Gasteiger charge is -2.22. The van der Waals surface area contributed by atoms with Crippen LogP contribution in [0.5, 0.6) is 0 Å². The van der Waals surface area contributed by atoms with Crippen LogP contribution in [-0.2, 0) is 14.3 Å². The minimum atomic E-state index is -0.664. The van der Waals surface area contributed by atoms with Gasteiger partial charge in [0.2, 0.25) is 5.91 Å². The third-order valence-corrected chi connectivity index (χ3v) is 18.1. The van der Waals surface area contributed by atoms with Crippen LogP contribution in [0.3, 0.4) is 0 Å². The van der Waals surface area contributed by atoms with E-state index in [4.69, 9.17) is 4.74 Å². The van der Waals surface area contributed by atoms with Crippen molar-refractivity contribution in [1.29, 1.82) is 0 Å². The molecule has 0 aromatic heterocycles. The predicted octanol–water partition coefficient (Wildman–Crippen LogP) is 25.6. The topological polar surface area (TPSA) is 95.9 Å². The summed E-state index contributed by atoms with van der Waals surface area (Å²) in [5, 5.41) is 23.4. The highest BCUT2D eigenvalue weighted by Crippen LogP contribution is 2.19. The van der Waals surface area contributed by atoms with Gasteiger partial charge < -0.3 is 20.3 Å². The first-order valence-corrected chi connectivity index (χ1v) is 38.9. The number of esters is 1. The van der Waals surface area contributed by atoms with Gasteiger partial charge in [-0.15, -0.1) is 0 Å². The zero-order chi connectivity index (χ0) is 62.0. The van der Waals surface area contributed by atoms with Gasteiger partial charge in [0, 0.05) is 12.8 Å². The van der Waals surface area contributed by atoms with Crippen molar-refractivity contribution in [2.45, 2.75) is 437 Å². The lowest BCUT2D eigenvalue weighted by atomic mass is 10.0. The summed E-state index contributed by atoms with van der Waals surface area (Å²) in [4.78, 5) is 24.6. The number of nitrogens with one attached hydrogen (secondary N) is 1. The molecule has 0 aliphatic carbocycles. The molecule has 6 nitrogen and oxygen atoms in total. The Morgan fingerprint density at radius 1 is 0.326 bits per heavy atom. The first-order valence-electron chi connectivity index (χ1n) is 38.9. The van der Waals surface area contributed by atoms with Gasteiger partial charge in [-0.05, 0) is 83.5 Å². The van der Waals surface area contributed by atoms with E-state index in [1.807, 2.05) is 0 Å². The molecule has 0 rings (SSSR count). The molecule has 506 valence electrons. The summed E-state index contributed by atoms with van der Waals surface area (Å²) in [6, 6.07) is -0.541. The number of allylic oxidation sites excluding steroid dienone is 8. The van der Waals surface area contributed by atoms with Crippen molar-refractivity contribution in [3.05, 3.63) is 48.6 Å². The summed E-state index contributed by atoms with van der Waals surface area (Å²) in [5.41, 5.74) is 0. The van der Waals surface area contributed by atoms with E-state index in [1.54, 1.807) is 0 Å². The van der Waals surface area contributed by atoms with Gasteiger partial charge in [0.15, 0.2) is 0 Å². The first kappa shape index (κ1) is 83.8. The van der Waals surface area contributed by atoms with E-state index in [1.165, 1.54) is 334 Å². The quantitative estimate of drug-likeness (QED) is 0.0320. The number of carbonyl (C=O) groups is 2. The fourth-order valence-electron chi connectivity index (χ4n) is 12.2. The van der Waals surface area contributed by atoms with E-state index in [0.29, 0.717) is 25.9 Å². The third-order valence-electron chi connectivity index (χ3n) is 18.1. The molecule has 2 unspecified atom stereocenters. The highest BCUT2D eigenvalue weighted by Gasteiger charge is 2.20. The third kappa shape index (κ3) is 70.9. The monoisotopic (exact) mass is 1210 g/mol. The molecule has 0 radical (unpaired) electrons. The van der Waals surface area contributed by atoms with Gasteiger partial charge in [0.25, 0.3) is 0 Å². The summed E-state index contributed by atoms with van der Waals surface area (Å²) in [6.45, 7) is 4.94. The maximum absolute atomic E-state index is 12.6. The van der Waals surface area contributed by atoms with Gasteiger partial charge in [0.05, 0.1) is 25.4 Å². The van der Waals surface area contributed by atoms with Crippen LogP contribution in [0.4, 0.5) is 0 Å². The molecule has 6 heteroatoms. The molecule has 0 bridgehead atoms. The molecule has 0 aromatic rings. The SMILES string of the molecule is CCCC/C=C\C/C=C\CCCCCCCC(=O)OCCCCCCCCCCCCC/C=C\C/C=C\CCCCCCCCCCCCCCCCCCCC(=O)NC(CO)C(O)CCCCCCCCCCCCCCCCCCCCCC. The minimum Gasteiger partial charge on any atom is -0.466 e. The summed E-state index contributed by atoms with van der Waals surface area (Å²) >= 11 is 0. The van der Waals surface area contributed by atoms with Crippen LogP contribution in [0, 0.1) is 0 Å². The second-order valence-electron chi connectivity index (χ2n) is 26.7. The Labute approximate surface area is 537 Å². The number of rotatable bonds is 73. The molecular formula is C80H151NO5. The molecule has 0 aromatic carbocycles. The average Bonchev–Trinajstić information content (AvgIpc) is 3.54. The zero-order valence-corrected chi connectivity index (χ0v) is 58.1. The van der Waals surface area contributed by atoms with Gasteiger partial charge in [-0.1, -0.05) is 377 Å². The highest BCUT2D eigenvalue weighted by molar-refractivity contribution is 5.76. The number of unbranched alkanes of at least 4 members (excludes halogenated alkanes) is 54. The second kappa shape index (κ2) is 75.3. The van der Waals surface area contributed by atoms with Gasteiger partial charge in [-0.25, -0.2) is 0 Å². The molecule has 2 atom stereocenters. The maximum atomic E-state index is 12.6. The van der Waals surface area contributed by atoms with Crippen LogP contribution < -0.4 is 5.32 Å². The zero-order valence-electron chi connectivity index (χ0n) is 58.1. The van der Waals surface area contributed by atoms with Crippen molar-refractivity contribution < 1.29 is 24.5 Å². The number of hydrogen-bond donors (Lipinski definition) is 3. The van der Waals surface area contributed by atoms with E-state index in [0.717, 1.165) is 57.8 Å². The number of hydrogen-bond acceptors (Lipinski definition) is 5. The number of aliphatic hydroxyl groups is 2. The van der Waals surface area contributed by atoms with Crippen LogP contribution in [0.1, 0.15) is 425 Å². The average molecular weight is 1210 g/mol. The van der Waals surface area contributed by atoms with E-state index in [9.17, 15) is 19.8 Å². The number of carbonyl (C=O) groups excluding carboxylic acids is 2. The van der Waals surface area contributed by atoms with E-state index >= 15 is 0 Å². The molecule has 0 saturated carbocycles. The summed E-state index contributed by atoms with van der Waals surface area (Å²) in [7, 11) is 0. The number of amides is 1. The Bertz CT molecular complexity index is 1440. The van der Waals surface area contributed by atoms with Crippen molar-refractivity contribution in [3.8, 4) is 0 Å². The molecule has 0 aliphatic rings. The van der Waals surface area contributed by atoms with Crippen molar-refractivity contribution in [3.63, 3.8) is 0 Å². The minimum absolute atomic E-state index is 0.00240. The van der Waals surface area contributed by atoms with Crippen LogP contribution in [0.2, 0.25) is 0 Å². The standard InChI is InChI=1S/C80H151NO5/c1-3-5-7-9-11-13-15-17-19-20-21-39-42-45-48-52-56-60-64-68-72-78(83)77(76-82)81-79(84)73-69-65-61-57-53-49-46-43-40-37-35-33-31-29-27-25-23-22-24-26-28-30-32-34-36-38-41-44-47-51-55-59-63-67-71-75-86-80(85)74-70-66-62-58-54-50-18-16-14-12-10-8-6-4-2/h10,12,16,18,24,26,30,32,77-78,82-83H,3-9,11,13-15,17,19-23,25,27-29,31,33-76H2,1-2H3,(H,81,84)/b12-10-,18-16-,26-24-,32-30-. The Balaban J connectivity index is 3.38. The molecule has 0 saturated heterocycles. The summed E-state index contributed by atoms with van der Waals surface area (Å²) in [6.07, 6.45) is 99.1. The first-order chi connectivity index (χ1) is 42.5. The molecule has 3 N–H and O–H groups in total. The Hall–Kier alpha value is -2.18. The van der Waals surface area contributed by atoms with Gasteiger partial charge in [-0.2, -0.15) is 0 Å². The molecule has 0 aliphatic heterocycles. The Kier molecular flexibility index (Phi) is 73.4. The van der Waals surface area contributed by atoms with Crippen LogP contribution in [0.25, 0.3) is 0 Å². The summed E-state index contributed by atoms with van der Waals surface area (Å²) in [5.74, 6) is -0.0260. The van der Waals surface area contributed by atoms with Crippen molar-refractivity contribution in [2.75, 3.05) is 13.2 Å². The van der Waals surface area contributed by atoms with E-state index in [2.05, 4.69) is 67.8 Å². The van der Waals surface area contributed by atoms with E-state index < -0.39 is 12.1 Å². The smallest absolute Gasteiger partial charge is 0.305 e.